The summed E-state index contributed by atoms with van der Waals surface area (Å²) in [5.41, 5.74) is 2.11. The van der Waals surface area contributed by atoms with Crippen LogP contribution in [-0.4, -0.2) is 33.0 Å². The summed E-state index contributed by atoms with van der Waals surface area (Å²) in [7, 11) is 0. The van der Waals surface area contributed by atoms with Gasteiger partial charge in [-0.05, 0) is 32.6 Å². The van der Waals surface area contributed by atoms with Crippen molar-refractivity contribution in [2.24, 2.45) is 5.92 Å². The molecule has 150 valence electrons. The Labute approximate surface area is 163 Å². The minimum Gasteiger partial charge on any atom is -0.359 e. The topological polar surface area (TPSA) is 113 Å². The molecule has 0 radical (unpaired) electrons. The number of carbonyl (C=O) groups excluding carboxylic acids is 2. The van der Waals surface area contributed by atoms with Crippen LogP contribution in [-0.2, 0) is 16.0 Å². The van der Waals surface area contributed by atoms with E-state index in [1.165, 1.54) is 6.42 Å². The zero-order valence-electron chi connectivity index (χ0n) is 16.2. The zero-order chi connectivity index (χ0) is 19.5. The molecule has 2 heterocycles. The molecule has 0 aliphatic heterocycles. The van der Waals surface area contributed by atoms with Gasteiger partial charge in [0, 0.05) is 30.1 Å². The highest BCUT2D eigenvalue weighted by atomic mass is 16.5. The van der Waals surface area contributed by atoms with Gasteiger partial charge in [0.15, 0.2) is 5.76 Å². The second-order valence-corrected chi connectivity index (χ2v) is 7.95. The average Bonchev–Trinajstić information content (AvgIpc) is 3.30. The van der Waals surface area contributed by atoms with Gasteiger partial charge in [-0.3, -0.25) is 9.59 Å². The molecular formula is C20H27N5O3. The lowest BCUT2D eigenvalue weighted by Gasteiger charge is -2.24. The van der Waals surface area contributed by atoms with Gasteiger partial charge in [-0.1, -0.05) is 24.4 Å². The van der Waals surface area contributed by atoms with Gasteiger partial charge < -0.3 is 20.1 Å². The zero-order valence-corrected chi connectivity index (χ0v) is 16.2. The SMILES string of the molecule is Cc1noc(C2CC2)c1NC(=O)[C@@H](Cc1cnc[nH]1)NC(=O)C1CCCCC1. The Balaban J connectivity index is 1.48. The molecule has 0 saturated heterocycles. The molecule has 2 aliphatic carbocycles. The highest BCUT2D eigenvalue weighted by Gasteiger charge is 2.34. The fraction of sp³-hybridized carbons (Fsp3) is 0.600. The molecule has 2 saturated carbocycles. The van der Waals surface area contributed by atoms with Crippen molar-refractivity contribution in [2.45, 2.75) is 70.3 Å². The predicted molar refractivity (Wildman–Crippen MR) is 103 cm³/mol. The molecule has 0 aromatic carbocycles. The molecule has 28 heavy (non-hydrogen) atoms. The van der Waals surface area contributed by atoms with Crippen LogP contribution in [0.1, 0.15) is 68.0 Å². The van der Waals surface area contributed by atoms with Crippen molar-refractivity contribution in [3.8, 4) is 0 Å². The summed E-state index contributed by atoms with van der Waals surface area (Å²) < 4.78 is 5.41. The van der Waals surface area contributed by atoms with Crippen LogP contribution >= 0.6 is 0 Å². The Morgan fingerprint density at radius 1 is 1.25 bits per heavy atom. The molecule has 8 nitrogen and oxygen atoms in total. The van der Waals surface area contributed by atoms with E-state index in [4.69, 9.17) is 4.52 Å². The number of aromatic nitrogens is 3. The minimum absolute atomic E-state index is 0.00910. The summed E-state index contributed by atoms with van der Waals surface area (Å²) in [6.07, 6.45) is 10.8. The summed E-state index contributed by atoms with van der Waals surface area (Å²) in [5, 5.41) is 9.94. The number of nitrogens with one attached hydrogen (secondary N) is 3. The van der Waals surface area contributed by atoms with Crippen molar-refractivity contribution in [1.29, 1.82) is 0 Å². The first kappa shape index (κ1) is 18.7. The number of aryl methyl sites for hydroxylation is 1. The summed E-state index contributed by atoms with van der Waals surface area (Å²) in [6.45, 7) is 1.81. The van der Waals surface area contributed by atoms with Crippen LogP contribution in [0.4, 0.5) is 5.69 Å². The minimum atomic E-state index is -0.684. The number of amides is 2. The highest BCUT2D eigenvalue weighted by molar-refractivity contribution is 5.98. The number of carbonyl (C=O) groups is 2. The fourth-order valence-electron chi connectivity index (χ4n) is 3.85. The third kappa shape index (κ3) is 4.26. The number of nitrogens with zero attached hydrogens (tertiary/aromatic N) is 2. The number of aromatic amines is 1. The summed E-state index contributed by atoms with van der Waals surface area (Å²) in [4.78, 5) is 32.8. The average molecular weight is 385 g/mol. The van der Waals surface area contributed by atoms with E-state index in [2.05, 4.69) is 25.8 Å². The van der Waals surface area contributed by atoms with E-state index in [0.717, 1.165) is 50.0 Å². The summed E-state index contributed by atoms with van der Waals surface area (Å²) in [5.74, 6) is 0.769. The third-order valence-corrected chi connectivity index (χ3v) is 5.67. The Morgan fingerprint density at radius 2 is 2.04 bits per heavy atom. The normalized spacial score (nSPS) is 18.6. The van der Waals surface area contributed by atoms with E-state index in [1.807, 2.05) is 6.92 Å². The van der Waals surface area contributed by atoms with Gasteiger partial charge in [-0.25, -0.2) is 4.98 Å². The molecule has 4 rings (SSSR count). The van der Waals surface area contributed by atoms with Crippen molar-refractivity contribution >= 4 is 17.5 Å². The molecule has 0 bridgehead atoms. The Kier molecular flexibility index (Phi) is 5.45. The first-order valence-corrected chi connectivity index (χ1v) is 10.2. The second-order valence-electron chi connectivity index (χ2n) is 7.95. The molecule has 0 spiro atoms. The van der Waals surface area contributed by atoms with Crippen LogP contribution in [0.2, 0.25) is 0 Å². The van der Waals surface area contributed by atoms with Gasteiger partial charge in [-0.15, -0.1) is 0 Å². The predicted octanol–water partition coefficient (Wildman–Crippen LogP) is 2.83. The number of hydrogen-bond acceptors (Lipinski definition) is 5. The van der Waals surface area contributed by atoms with Crippen LogP contribution in [0.5, 0.6) is 0 Å². The van der Waals surface area contributed by atoms with Crippen molar-refractivity contribution in [1.82, 2.24) is 20.4 Å². The molecule has 3 N–H and O–H groups in total. The lowest BCUT2D eigenvalue weighted by Crippen LogP contribution is -2.47. The first-order valence-electron chi connectivity index (χ1n) is 10.2. The lowest BCUT2D eigenvalue weighted by atomic mass is 9.88. The van der Waals surface area contributed by atoms with E-state index in [9.17, 15) is 9.59 Å². The molecular weight excluding hydrogens is 358 g/mol. The standard InChI is InChI=1S/C20H27N5O3/c1-12-17(18(28-25-12)13-7-8-13)24-20(27)16(9-15-10-21-11-22-15)23-19(26)14-5-3-2-4-6-14/h10-11,13-14,16H,2-9H2,1H3,(H,21,22)(H,23,26)(H,24,27)/t16-/m1/s1. The van der Waals surface area contributed by atoms with Crippen molar-refractivity contribution in [3.05, 3.63) is 29.7 Å². The van der Waals surface area contributed by atoms with E-state index >= 15 is 0 Å². The van der Waals surface area contributed by atoms with Gasteiger partial charge in [0.25, 0.3) is 0 Å². The molecule has 1 atom stereocenters. The molecule has 2 amide bonds. The van der Waals surface area contributed by atoms with Crippen LogP contribution in [0, 0.1) is 12.8 Å². The van der Waals surface area contributed by atoms with Crippen LogP contribution in [0.15, 0.2) is 17.0 Å². The monoisotopic (exact) mass is 385 g/mol. The number of rotatable bonds is 7. The Bertz CT molecular complexity index is 819. The van der Waals surface area contributed by atoms with Crippen LogP contribution in [0.25, 0.3) is 0 Å². The maximum absolute atomic E-state index is 13.1. The number of hydrogen-bond donors (Lipinski definition) is 3. The molecule has 8 heteroatoms. The molecule has 2 aromatic rings. The van der Waals surface area contributed by atoms with Crippen molar-refractivity contribution < 1.29 is 14.1 Å². The fourth-order valence-corrected chi connectivity index (χ4v) is 3.85. The Hall–Kier alpha value is -2.64. The van der Waals surface area contributed by atoms with Crippen LogP contribution in [0.3, 0.4) is 0 Å². The van der Waals surface area contributed by atoms with E-state index in [-0.39, 0.29) is 17.7 Å². The second kappa shape index (κ2) is 8.16. The summed E-state index contributed by atoms with van der Waals surface area (Å²) in [6, 6.07) is -0.684. The van der Waals surface area contributed by atoms with Gasteiger partial charge in [-0.2, -0.15) is 0 Å². The maximum Gasteiger partial charge on any atom is 0.247 e. The highest BCUT2D eigenvalue weighted by Crippen LogP contribution is 2.44. The van der Waals surface area contributed by atoms with Crippen molar-refractivity contribution in [3.63, 3.8) is 0 Å². The molecule has 0 unspecified atom stereocenters. The number of H-pyrrole nitrogens is 1. The first-order chi connectivity index (χ1) is 13.6. The largest absolute Gasteiger partial charge is 0.359 e. The third-order valence-electron chi connectivity index (χ3n) is 5.67. The van der Waals surface area contributed by atoms with E-state index in [0.29, 0.717) is 23.7 Å². The smallest absolute Gasteiger partial charge is 0.247 e. The Morgan fingerprint density at radius 3 is 2.71 bits per heavy atom. The molecule has 2 aliphatic rings. The number of imidazole rings is 1. The number of anilines is 1. The molecule has 2 fully saturated rings. The van der Waals surface area contributed by atoms with E-state index < -0.39 is 6.04 Å². The van der Waals surface area contributed by atoms with Gasteiger partial charge in [0.05, 0.1) is 6.33 Å². The summed E-state index contributed by atoms with van der Waals surface area (Å²) >= 11 is 0. The van der Waals surface area contributed by atoms with Gasteiger partial charge >= 0.3 is 0 Å². The quantitative estimate of drug-likeness (QED) is 0.678. The van der Waals surface area contributed by atoms with Gasteiger partial charge in [0.2, 0.25) is 11.8 Å². The maximum atomic E-state index is 13.1. The van der Waals surface area contributed by atoms with Gasteiger partial charge in [0.1, 0.15) is 17.4 Å². The van der Waals surface area contributed by atoms with E-state index in [1.54, 1.807) is 12.5 Å². The van der Waals surface area contributed by atoms with Crippen molar-refractivity contribution in [2.75, 3.05) is 5.32 Å². The van der Waals surface area contributed by atoms with Crippen LogP contribution < -0.4 is 10.6 Å². The molecule has 2 aromatic heterocycles. The lowest BCUT2D eigenvalue weighted by molar-refractivity contribution is -0.130.